The second-order valence-electron chi connectivity index (χ2n) is 3.87. The highest BCUT2D eigenvalue weighted by Crippen LogP contribution is 2.04. The van der Waals surface area contributed by atoms with E-state index < -0.39 is 0 Å². The van der Waals surface area contributed by atoms with Gasteiger partial charge in [0, 0.05) is 20.8 Å². The average Bonchev–Trinajstić information content (AvgIpc) is 2.32. The Labute approximate surface area is 98.9 Å². The van der Waals surface area contributed by atoms with Gasteiger partial charge in [-0.15, -0.1) is 0 Å². The van der Waals surface area contributed by atoms with Crippen molar-refractivity contribution in [1.29, 1.82) is 0 Å². The van der Waals surface area contributed by atoms with Gasteiger partial charge in [-0.05, 0) is 6.42 Å². The highest BCUT2D eigenvalue weighted by molar-refractivity contribution is 4.68. The van der Waals surface area contributed by atoms with Crippen molar-refractivity contribution in [3.63, 3.8) is 0 Å². The van der Waals surface area contributed by atoms with E-state index in [4.69, 9.17) is 19.3 Å². The summed E-state index contributed by atoms with van der Waals surface area (Å²) in [6, 6.07) is 0. The lowest BCUT2D eigenvalue weighted by atomic mass is 10.2. The van der Waals surface area contributed by atoms with Crippen LogP contribution in [0.3, 0.4) is 0 Å². The van der Waals surface area contributed by atoms with Crippen LogP contribution in [0.25, 0.3) is 0 Å². The molecule has 4 nitrogen and oxygen atoms in total. The quantitative estimate of drug-likeness (QED) is 0.552. The molecular formula is C12H26O4. The Hall–Kier alpha value is -0.160. The Balaban J connectivity index is 3.54. The van der Waals surface area contributed by atoms with Crippen LogP contribution >= 0.6 is 0 Å². The number of methoxy groups -OCH3 is 2. The van der Waals surface area contributed by atoms with E-state index in [0.29, 0.717) is 6.61 Å². The first-order valence-corrected chi connectivity index (χ1v) is 6.04. The molecule has 98 valence electrons. The number of unbranched alkanes of at least 4 members (excludes halogenated alkanes) is 3. The van der Waals surface area contributed by atoms with Gasteiger partial charge < -0.3 is 19.3 Å². The summed E-state index contributed by atoms with van der Waals surface area (Å²) >= 11 is 0. The molecule has 0 aliphatic rings. The lowest BCUT2D eigenvalue weighted by Crippen LogP contribution is -2.36. The fourth-order valence-corrected chi connectivity index (χ4v) is 1.50. The first-order valence-electron chi connectivity index (χ1n) is 6.04. The zero-order chi connectivity index (χ0) is 12.2. The van der Waals surface area contributed by atoms with Crippen molar-refractivity contribution in [3.8, 4) is 0 Å². The van der Waals surface area contributed by atoms with Crippen LogP contribution in [0, 0.1) is 0 Å². The predicted octanol–water partition coefficient (Wildman–Crippen LogP) is 1.61. The molecule has 0 aliphatic carbocycles. The van der Waals surface area contributed by atoms with Gasteiger partial charge in [-0.1, -0.05) is 26.2 Å². The number of ether oxygens (including phenoxy) is 3. The van der Waals surface area contributed by atoms with Crippen molar-refractivity contribution in [3.05, 3.63) is 0 Å². The topological polar surface area (TPSA) is 47.9 Å². The second-order valence-corrected chi connectivity index (χ2v) is 3.87. The molecule has 0 bridgehead atoms. The normalized spacial score (nSPS) is 15.0. The van der Waals surface area contributed by atoms with Crippen LogP contribution in [0.2, 0.25) is 0 Å². The van der Waals surface area contributed by atoms with Gasteiger partial charge in [0.1, 0.15) is 12.2 Å². The van der Waals surface area contributed by atoms with Crippen LogP contribution in [0.1, 0.15) is 32.6 Å². The van der Waals surface area contributed by atoms with Gasteiger partial charge in [-0.25, -0.2) is 0 Å². The minimum atomic E-state index is -0.305. The summed E-state index contributed by atoms with van der Waals surface area (Å²) < 4.78 is 15.8. The van der Waals surface area contributed by atoms with Crippen LogP contribution in [0.5, 0.6) is 0 Å². The predicted molar refractivity (Wildman–Crippen MR) is 63.6 cm³/mol. The van der Waals surface area contributed by atoms with E-state index in [0.717, 1.165) is 13.0 Å². The van der Waals surface area contributed by atoms with Crippen LogP contribution in [-0.4, -0.2) is 51.4 Å². The van der Waals surface area contributed by atoms with E-state index >= 15 is 0 Å². The van der Waals surface area contributed by atoms with Gasteiger partial charge in [-0.2, -0.15) is 0 Å². The molecule has 0 aliphatic heterocycles. The lowest BCUT2D eigenvalue weighted by molar-refractivity contribution is -0.0919. The third kappa shape index (κ3) is 7.17. The number of aliphatic hydroxyl groups is 1. The van der Waals surface area contributed by atoms with Gasteiger partial charge in [0.05, 0.1) is 13.2 Å². The third-order valence-electron chi connectivity index (χ3n) is 2.62. The molecule has 0 rings (SSSR count). The van der Waals surface area contributed by atoms with E-state index in [1.807, 2.05) is 0 Å². The molecule has 1 N–H and O–H groups in total. The molecule has 0 heterocycles. The Morgan fingerprint density at radius 2 is 1.69 bits per heavy atom. The van der Waals surface area contributed by atoms with E-state index in [9.17, 15) is 0 Å². The van der Waals surface area contributed by atoms with Crippen molar-refractivity contribution < 1.29 is 19.3 Å². The molecule has 16 heavy (non-hydrogen) atoms. The Bertz CT molecular complexity index is 137. The van der Waals surface area contributed by atoms with Crippen molar-refractivity contribution in [1.82, 2.24) is 0 Å². The number of hydrogen-bond acceptors (Lipinski definition) is 4. The fraction of sp³-hybridized carbons (Fsp3) is 1.00. The van der Waals surface area contributed by atoms with Gasteiger partial charge in [0.25, 0.3) is 0 Å². The van der Waals surface area contributed by atoms with E-state index in [1.165, 1.54) is 19.3 Å². The van der Waals surface area contributed by atoms with Crippen LogP contribution < -0.4 is 0 Å². The number of hydrogen-bond donors (Lipinski definition) is 1. The molecule has 0 spiro atoms. The molecular weight excluding hydrogens is 208 g/mol. The molecule has 2 atom stereocenters. The molecule has 2 unspecified atom stereocenters. The van der Waals surface area contributed by atoms with Crippen molar-refractivity contribution in [2.24, 2.45) is 0 Å². The highest BCUT2D eigenvalue weighted by atomic mass is 16.6. The molecule has 0 saturated carbocycles. The highest BCUT2D eigenvalue weighted by Gasteiger charge is 2.19. The SMILES string of the molecule is CCCCCCOCC(OC)C(CO)OC. The molecule has 0 aromatic rings. The Morgan fingerprint density at radius 3 is 2.19 bits per heavy atom. The summed E-state index contributed by atoms with van der Waals surface area (Å²) in [5, 5.41) is 9.04. The number of rotatable bonds is 11. The third-order valence-corrected chi connectivity index (χ3v) is 2.62. The molecule has 0 radical (unpaired) electrons. The molecule has 0 saturated heterocycles. The van der Waals surface area contributed by atoms with Gasteiger partial charge in [0.2, 0.25) is 0 Å². The van der Waals surface area contributed by atoms with Gasteiger partial charge in [0.15, 0.2) is 0 Å². The van der Waals surface area contributed by atoms with E-state index in [1.54, 1.807) is 14.2 Å². The molecule has 0 aromatic carbocycles. The first kappa shape index (κ1) is 15.8. The van der Waals surface area contributed by atoms with Crippen LogP contribution in [-0.2, 0) is 14.2 Å². The zero-order valence-electron chi connectivity index (χ0n) is 10.8. The maximum atomic E-state index is 9.04. The average molecular weight is 234 g/mol. The van der Waals surface area contributed by atoms with Crippen molar-refractivity contribution in [2.45, 2.75) is 44.8 Å². The summed E-state index contributed by atoms with van der Waals surface area (Å²) in [5.41, 5.74) is 0. The van der Waals surface area contributed by atoms with Crippen molar-refractivity contribution in [2.75, 3.05) is 34.0 Å². The fourth-order valence-electron chi connectivity index (χ4n) is 1.50. The van der Waals surface area contributed by atoms with Crippen LogP contribution in [0.15, 0.2) is 0 Å². The minimum absolute atomic E-state index is 0.0474. The lowest BCUT2D eigenvalue weighted by Gasteiger charge is -2.22. The second kappa shape index (κ2) is 11.3. The van der Waals surface area contributed by atoms with Gasteiger partial charge in [-0.3, -0.25) is 0 Å². The zero-order valence-corrected chi connectivity index (χ0v) is 10.8. The maximum Gasteiger partial charge on any atom is 0.109 e. The standard InChI is InChI=1S/C12H26O4/c1-4-5-6-7-8-16-10-12(15-3)11(9-13)14-2/h11-13H,4-10H2,1-3H3. The van der Waals surface area contributed by atoms with Gasteiger partial charge >= 0.3 is 0 Å². The van der Waals surface area contributed by atoms with Crippen molar-refractivity contribution >= 4 is 0 Å². The summed E-state index contributed by atoms with van der Waals surface area (Å²) in [7, 11) is 3.17. The molecule has 0 amide bonds. The summed E-state index contributed by atoms with van der Waals surface area (Å²) in [6.07, 6.45) is 4.29. The molecule has 0 fully saturated rings. The smallest absolute Gasteiger partial charge is 0.109 e. The Morgan fingerprint density at radius 1 is 1.00 bits per heavy atom. The van der Waals surface area contributed by atoms with E-state index in [2.05, 4.69) is 6.92 Å². The molecule has 4 heteroatoms. The summed E-state index contributed by atoms with van der Waals surface area (Å²) in [6.45, 7) is 3.36. The molecule has 0 aromatic heterocycles. The monoisotopic (exact) mass is 234 g/mol. The number of aliphatic hydroxyl groups excluding tert-OH is 1. The summed E-state index contributed by atoms with van der Waals surface area (Å²) in [5.74, 6) is 0. The largest absolute Gasteiger partial charge is 0.394 e. The summed E-state index contributed by atoms with van der Waals surface area (Å²) in [4.78, 5) is 0. The maximum absolute atomic E-state index is 9.04. The minimum Gasteiger partial charge on any atom is -0.394 e. The van der Waals surface area contributed by atoms with Crippen LogP contribution in [0.4, 0.5) is 0 Å². The first-order chi connectivity index (χ1) is 7.79. The van der Waals surface area contributed by atoms with E-state index in [-0.39, 0.29) is 18.8 Å². The Kier molecular flexibility index (Phi) is 11.2.